The first kappa shape index (κ1) is 14.6. The number of aromatic nitrogens is 2. The molecule has 1 aromatic heterocycles. The average molecular weight is 295 g/mol. The van der Waals surface area contributed by atoms with E-state index in [0.717, 1.165) is 37.3 Å². The van der Waals surface area contributed by atoms with Gasteiger partial charge in [-0.3, -0.25) is 0 Å². The summed E-state index contributed by atoms with van der Waals surface area (Å²) in [5, 5.41) is 3.48. The van der Waals surface area contributed by atoms with Gasteiger partial charge in [0.25, 0.3) is 0 Å². The molecule has 0 aliphatic heterocycles. The zero-order chi connectivity index (χ0) is 15.2. The maximum Gasteiger partial charge on any atom is 0.118 e. The number of benzene rings is 2. The predicted octanol–water partition coefficient (Wildman–Crippen LogP) is 3.22. The van der Waals surface area contributed by atoms with Crippen molar-refractivity contribution in [3.05, 3.63) is 60.4 Å². The molecule has 0 unspecified atom stereocenters. The van der Waals surface area contributed by atoms with E-state index in [9.17, 15) is 0 Å². The Balaban J connectivity index is 1.43. The second-order valence-electron chi connectivity index (χ2n) is 5.31. The highest BCUT2D eigenvalue weighted by Gasteiger charge is 2.00. The van der Waals surface area contributed by atoms with Crippen molar-refractivity contribution in [3.8, 4) is 5.75 Å². The van der Waals surface area contributed by atoms with Gasteiger partial charge in [-0.2, -0.15) is 0 Å². The number of ether oxygens (including phenoxy) is 1. The molecule has 0 spiro atoms. The Morgan fingerprint density at radius 3 is 2.73 bits per heavy atom. The van der Waals surface area contributed by atoms with Gasteiger partial charge in [0.1, 0.15) is 5.75 Å². The summed E-state index contributed by atoms with van der Waals surface area (Å²) in [6, 6.07) is 16.4. The van der Waals surface area contributed by atoms with Crippen LogP contribution in [0.5, 0.6) is 5.75 Å². The number of fused-ring (bicyclic) bond motifs is 1. The van der Waals surface area contributed by atoms with E-state index in [4.69, 9.17) is 4.74 Å². The molecule has 0 saturated carbocycles. The van der Waals surface area contributed by atoms with E-state index in [-0.39, 0.29) is 0 Å². The van der Waals surface area contributed by atoms with Gasteiger partial charge in [-0.1, -0.05) is 24.3 Å². The number of para-hydroxylation sites is 2. The summed E-state index contributed by atoms with van der Waals surface area (Å²) in [4.78, 5) is 4.41. The summed E-state index contributed by atoms with van der Waals surface area (Å²) in [7, 11) is 1.69. The van der Waals surface area contributed by atoms with Crippen LogP contribution in [0.1, 0.15) is 12.0 Å². The summed E-state index contributed by atoms with van der Waals surface area (Å²) in [6.45, 7) is 2.85. The number of methoxy groups -OCH3 is 1. The molecule has 0 bridgehead atoms. The van der Waals surface area contributed by atoms with Crippen molar-refractivity contribution in [2.24, 2.45) is 0 Å². The number of hydrogen-bond donors (Lipinski definition) is 1. The zero-order valence-electron chi connectivity index (χ0n) is 12.8. The monoisotopic (exact) mass is 295 g/mol. The van der Waals surface area contributed by atoms with Crippen molar-refractivity contribution in [2.45, 2.75) is 19.5 Å². The lowest BCUT2D eigenvalue weighted by atomic mass is 10.2. The Kier molecular flexibility index (Phi) is 4.71. The number of aryl methyl sites for hydroxylation is 1. The summed E-state index contributed by atoms with van der Waals surface area (Å²) in [5.74, 6) is 0.899. The number of imidazole rings is 1. The van der Waals surface area contributed by atoms with Gasteiger partial charge in [-0.05, 0) is 42.8 Å². The molecule has 3 rings (SSSR count). The van der Waals surface area contributed by atoms with Crippen LogP contribution in [0.2, 0.25) is 0 Å². The Morgan fingerprint density at radius 2 is 1.91 bits per heavy atom. The predicted molar refractivity (Wildman–Crippen MR) is 89.1 cm³/mol. The molecule has 0 aliphatic carbocycles. The van der Waals surface area contributed by atoms with Crippen molar-refractivity contribution < 1.29 is 4.74 Å². The van der Waals surface area contributed by atoms with Crippen LogP contribution >= 0.6 is 0 Å². The van der Waals surface area contributed by atoms with E-state index in [1.54, 1.807) is 7.11 Å². The molecule has 0 amide bonds. The molecule has 0 atom stereocenters. The standard InChI is InChI=1S/C18H21N3O/c1-22-16-9-7-15(8-10-16)13-19-11-4-12-21-14-20-17-5-2-3-6-18(17)21/h2-3,5-10,14,19H,4,11-13H2,1H3. The molecule has 1 heterocycles. The third-order valence-corrected chi connectivity index (χ3v) is 3.77. The highest BCUT2D eigenvalue weighted by atomic mass is 16.5. The van der Waals surface area contributed by atoms with Crippen molar-refractivity contribution >= 4 is 11.0 Å². The summed E-state index contributed by atoms with van der Waals surface area (Å²) in [5.41, 5.74) is 3.54. The van der Waals surface area contributed by atoms with E-state index in [0.29, 0.717) is 0 Å². The lowest BCUT2D eigenvalue weighted by molar-refractivity contribution is 0.414. The molecule has 2 aromatic carbocycles. The van der Waals surface area contributed by atoms with Crippen LogP contribution in [0, 0.1) is 0 Å². The quantitative estimate of drug-likeness (QED) is 0.680. The molecule has 0 aliphatic rings. The fourth-order valence-electron chi connectivity index (χ4n) is 2.54. The van der Waals surface area contributed by atoms with Crippen molar-refractivity contribution in [2.75, 3.05) is 13.7 Å². The van der Waals surface area contributed by atoms with Gasteiger partial charge in [-0.25, -0.2) is 4.98 Å². The SMILES string of the molecule is COc1ccc(CNCCCn2cnc3ccccc32)cc1. The minimum atomic E-state index is 0.884. The molecule has 0 fully saturated rings. The van der Waals surface area contributed by atoms with Crippen LogP contribution in [0.25, 0.3) is 11.0 Å². The van der Waals surface area contributed by atoms with Gasteiger partial charge in [0.15, 0.2) is 0 Å². The first-order valence-corrected chi connectivity index (χ1v) is 7.60. The normalized spacial score (nSPS) is 11.0. The fraction of sp³-hybridized carbons (Fsp3) is 0.278. The Labute approximate surface area is 130 Å². The largest absolute Gasteiger partial charge is 0.497 e. The highest BCUT2D eigenvalue weighted by Crippen LogP contribution is 2.12. The van der Waals surface area contributed by atoms with Crippen molar-refractivity contribution in [1.82, 2.24) is 14.9 Å². The van der Waals surface area contributed by atoms with Crippen molar-refractivity contribution in [1.29, 1.82) is 0 Å². The van der Waals surface area contributed by atoms with Gasteiger partial charge in [0, 0.05) is 13.1 Å². The molecule has 1 N–H and O–H groups in total. The summed E-state index contributed by atoms with van der Waals surface area (Å²) >= 11 is 0. The average Bonchev–Trinajstić information content (AvgIpc) is 2.98. The molecule has 22 heavy (non-hydrogen) atoms. The topological polar surface area (TPSA) is 39.1 Å². The minimum Gasteiger partial charge on any atom is -0.497 e. The summed E-state index contributed by atoms with van der Waals surface area (Å²) < 4.78 is 7.37. The van der Waals surface area contributed by atoms with Gasteiger partial charge in [-0.15, -0.1) is 0 Å². The van der Waals surface area contributed by atoms with Crippen LogP contribution < -0.4 is 10.1 Å². The van der Waals surface area contributed by atoms with Gasteiger partial charge < -0.3 is 14.6 Å². The molecule has 4 nitrogen and oxygen atoms in total. The maximum absolute atomic E-state index is 5.16. The number of hydrogen-bond acceptors (Lipinski definition) is 3. The molecule has 0 radical (unpaired) electrons. The summed E-state index contributed by atoms with van der Waals surface area (Å²) in [6.07, 6.45) is 3.00. The highest BCUT2D eigenvalue weighted by molar-refractivity contribution is 5.74. The molecular formula is C18H21N3O. The van der Waals surface area contributed by atoms with E-state index >= 15 is 0 Å². The lowest BCUT2D eigenvalue weighted by Gasteiger charge is -2.07. The van der Waals surface area contributed by atoms with Crippen LogP contribution in [0.3, 0.4) is 0 Å². The maximum atomic E-state index is 5.16. The first-order valence-electron chi connectivity index (χ1n) is 7.60. The smallest absolute Gasteiger partial charge is 0.118 e. The van der Waals surface area contributed by atoms with Crippen LogP contribution in [-0.2, 0) is 13.1 Å². The zero-order valence-corrected chi connectivity index (χ0v) is 12.8. The van der Waals surface area contributed by atoms with E-state index in [1.165, 1.54) is 11.1 Å². The number of nitrogens with zero attached hydrogens (tertiary/aromatic N) is 2. The number of nitrogens with one attached hydrogen (secondary N) is 1. The Morgan fingerprint density at radius 1 is 1.09 bits per heavy atom. The van der Waals surface area contributed by atoms with E-state index in [2.05, 4.69) is 39.1 Å². The van der Waals surface area contributed by atoms with Crippen LogP contribution in [-0.4, -0.2) is 23.2 Å². The third-order valence-electron chi connectivity index (χ3n) is 3.77. The molecule has 0 saturated heterocycles. The molecular weight excluding hydrogens is 274 g/mol. The third kappa shape index (κ3) is 3.46. The Hall–Kier alpha value is -2.33. The fourth-order valence-corrected chi connectivity index (χ4v) is 2.54. The van der Waals surface area contributed by atoms with Gasteiger partial charge in [0.05, 0.1) is 24.5 Å². The van der Waals surface area contributed by atoms with Crippen LogP contribution in [0.15, 0.2) is 54.9 Å². The number of rotatable bonds is 7. The van der Waals surface area contributed by atoms with E-state index < -0.39 is 0 Å². The molecule has 114 valence electrons. The second-order valence-corrected chi connectivity index (χ2v) is 5.31. The minimum absolute atomic E-state index is 0.884. The Bertz CT molecular complexity index is 719. The van der Waals surface area contributed by atoms with Crippen LogP contribution in [0.4, 0.5) is 0 Å². The van der Waals surface area contributed by atoms with Crippen molar-refractivity contribution in [3.63, 3.8) is 0 Å². The lowest BCUT2D eigenvalue weighted by Crippen LogP contribution is -2.16. The second kappa shape index (κ2) is 7.09. The first-order chi connectivity index (χ1) is 10.9. The van der Waals surface area contributed by atoms with Gasteiger partial charge >= 0.3 is 0 Å². The molecule has 4 heteroatoms. The van der Waals surface area contributed by atoms with E-state index in [1.807, 2.05) is 30.6 Å². The van der Waals surface area contributed by atoms with Gasteiger partial charge in [0.2, 0.25) is 0 Å². The molecule has 3 aromatic rings.